The number of piperidine rings is 1. The molecule has 0 aliphatic carbocycles. The summed E-state index contributed by atoms with van der Waals surface area (Å²) in [6.45, 7) is 1.45. The van der Waals surface area contributed by atoms with E-state index in [2.05, 4.69) is 10.6 Å². The molecule has 1 heterocycles. The summed E-state index contributed by atoms with van der Waals surface area (Å²) in [6.07, 6.45) is 1.07. The summed E-state index contributed by atoms with van der Waals surface area (Å²) in [5, 5.41) is 6.49. The molecule has 0 aromatic heterocycles. The molecule has 8 heteroatoms. The summed E-state index contributed by atoms with van der Waals surface area (Å²) in [6, 6.07) is 14.2. The molecular weight excluding hydrogens is 418 g/mol. The van der Waals surface area contributed by atoms with Gasteiger partial charge in [-0.05, 0) is 48.4 Å². The number of benzene rings is 2. The summed E-state index contributed by atoms with van der Waals surface area (Å²) in [4.78, 5) is 27.0. The van der Waals surface area contributed by atoms with E-state index in [4.69, 9.17) is 21.1 Å². The van der Waals surface area contributed by atoms with E-state index in [1.165, 1.54) is 0 Å². The molecule has 7 nitrogen and oxygen atoms in total. The van der Waals surface area contributed by atoms with Gasteiger partial charge in [-0.2, -0.15) is 0 Å². The highest BCUT2D eigenvalue weighted by Gasteiger charge is 2.33. The first kappa shape index (κ1) is 22.9. The lowest BCUT2D eigenvalue weighted by Gasteiger charge is -2.39. The number of nitrogens with one attached hydrogen (secondary N) is 2. The SMILES string of the molecule is COCCC(=O)N1CC[C@H](c2ccc(OC)cc2)[C@@H](NC(=O)Nc2ccc(Cl)cc2)C1. The molecule has 2 aromatic rings. The van der Waals surface area contributed by atoms with Crippen LogP contribution in [0.3, 0.4) is 0 Å². The number of urea groups is 1. The first-order valence-electron chi connectivity index (χ1n) is 10.2. The van der Waals surface area contributed by atoms with Crippen LogP contribution in [-0.4, -0.2) is 56.8 Å². The molecule has 31 heavy (non-hydrogen) atoms. The molecule has 0 spiro atoms. The van der Waals surface area contributed by atoms with Crippen LogP contribution in [0.1, 0.15) is 24.3 Å². The fourth-order valence-corrected chi connectivity index (χ4v) is 3.92. The zero-order valence-corrected chi connectivity index (χ0v) is 18.5. The molecule has 1 saturated heterocycles. The molecule has 0 bridgehead atoms. The van der Waals surface area contributed by atoms with Gasteiger partial charge in [0.05, 0.1) is 26.2 Å². The quantitative estimate of drug-likeness (QED) is 0.677. The fourth-order valence-electron chi connectivity index (χ4n) is 3.79. The molecule has 166 valence electrons. The van der Waals surface area contributed by atoms with Crippen LogP contribution in [0.5, 0.6) is 5.75 Å². The fraction of sp³-hybridized carbons (Fsp3) is 0.391. The van der Waals surface area contributed by atoms with Gasteiger partial charge in [-0.1, -0.05) is 23.7 Å². The van der Waals surface area contributed by atoms with Crippen molar-refractivity contribution >= 4 is 29.2 Å². The highest BCUT2D eigenvalue weighted by molar-refractivity contribution is 6.30. The number of halogens is 1. The van der Waals surface area contributed by atoms with Crippen molar-refractivity contribution < 1.29 is 19.1 Å². The number of methoxy groups -OCH3 is 2. The van der Waals surface area contributed by atoms with Gasteiger partial charge < -0.3 is 25.0 Å². The summed E-state index contributed by atoms with van der Waals surface area (Å²) in [5.74, 6) is 0.884. The molecular formula is C23H28ClN3O4. The Morgan fingerprint density at radius 1 is 1.10 bits per heavy atom. The Hall–Kier alpha value is -2.77. The predicted octanol–water partition coefficient (Wildman–Crippen LogP) is 3.89. The van der Waals surface area contributed by atoms with E-state index in [0.29, 0.717) is 36.8 Å². The van der Waals surface area contributed by atoms with Crippen LogP contribution in [0.25, 0.3) is 0 Å². The second kappa shape index (κ2) is 11.0. The topological polar surface area (TPSA) is 79.9 Å². The van der Waals surface area contributed by atoms with Crippen LogP contribution in [0, 0.1) is 0 Å². The molecule has 0 saturated carbocycles. The van der Waals surface area contributed by atoms with E-state index in [-0.39, 0.29) is 23.9 Å². The molecule has 1 aliphatic rings. The van der Waals surface area contributed by atoms with Gasteiger partial charge in [0, 0.05) is 36.8 Å². The summed E-state index contributed by atoms with van der Waals surface area (Å²) in [5.41, 5.74) is 1.74. The number of carbonyl (C=O) groups excluding carboxylic acids is 2. The van der Waals surface area contributed by atoms with Gasteiger partial charge in [-0.3, -0.25) is 4.79 Å². The van der Waals surface area contributed by atoms with Crippen LogP contribution >= 0.6 is 11.6 Å². The lowest BCUT2D eigenvalue weighted by molar-refractivity contribution is -0.133. The summed E-state index contributed by atoms with van der Waals surface area (Å²) < 4.78 is 10.3. The lowest BCUT2D eigenvalue weighted by Crippen LogP contribution is -2.54. The minimum Gasteiger partial charge on any atom is -0.497 e. The van der Waals surface area contributed by atoms with Crippen LogP contribution in [0.2, 0.25) is 5.02 Å². The number of anilines is 1. The molecule has 3 amide bonds. The number of carbonyl (C=O) groups is 2. The van der Waals surface area contributed by atoms with E-state index in [1.807, 2.05) is 24.3 Å². The Bertz CT molecular complexity index is 873. The predicted molar refractivity (Wildman–Crippen MR) is 121 cm³/mol. The van der Waals surface area contributed by atoms with Crippen LogP contribution in [0.15, 0.2) is 48.5 Å². The third-order valence-corrected chi connectivity index (χ3v) is 5.70. The minimum absolute atomic E-state index is 0.0277. The van der Waals surface area contributed by atoms with Crippen LogP contribution in [0.4, 0.5) is 10.5 Å². The van der Waals surface area contributed by atoms with Gasteiger partial charge in [-0.15, -0.1) is 0 Å². The smallest absolute Gasteiger partial charge is 0.319 e. The Morgan fingerprint density at radius 3 is 2.45 bits per heavy atom. The maximum atomic E-state index is 12.7. The number of hydrogen-bond donors (Lipinski definition) is 2. The molecule has 2 atom stereocenters. The molecule has 2 aromatic carbocycles. The maximum absolute atomic E-state index is 12.7. The van der Waals surface area contributed by atoms with Crippen molar-refractivity contribution in [1.82, 2.24) is 10.2 Å². The molecule has 0 unspecified atom stereocenters. The summed E-state index contributed by atoms with van der Waals surface area (Å²) in [7, 11) is 3.21. The zero-order valence-electron chi connectivity index (χ0n) is 17.8. The van der Waals surface area contributed by atoms with E-state index in [9.17, 15) is 9.59 Å². The van der Waals surface area contributed by atoms with Gasteiger partial charge in [0.1, 0.15) is 5.75 Å². The Labute approximate surface area is 187 Å². The minimum atomic E-state index is -0.322. The molecule has 2 N–H and O–H groups in total. The highest BCUT2D eigenvalue weighted by Crippen LogP contribution is 2.30. The van der Waals surface area contributed by atoms with E-state index < -0.39 is 0 Å². The number of amides is 3. The van der Waals surface area contributed by atoms with Crippen LogP contribution < -0.4 is 15.4 Å². The van der Waals surface area contributed by atoms with Crippen molar-refractivity contribution in [2.75, 3.05) is 39.2 Å². The second-order valence-corrected chi connectivity index (χ2v) is 7.90. The number of likely N-dealkylation sites (tertiary alicyclic amines) is 1. The van der Waals surface area contributed by atoms with Crippen LogP contribution in [-0.2, 0) is 9.53 Å². The van der Waals surface area contributed by atoms with Crippen molar-refractivity contribution in [1.29, 1.82) is 0 Å². The average molecular weight is 446 g/mol. The zero-order chi connectivity index (χ0) is 22.2. The molecule has 0 radical (unpaired) electrons. The summed E-state index contributed by atoms with van der Waals surface area (Å²) >= 11 is 5.91. The number of rotatable bonds is 7. The number of nitrogens with zero attached hydrogens (tertiary/aromatic N) is 1. The van der Waals surface area contributed by atoms with Gasteiger partial charge in [0.15, 0.2) is 0 Å². The first-order chi connectivity index (χ1) is 15.0. The third kappa shape index (κ3) is 6.35. The van der Waals surface area contributed by atoms with Crippen molar-refractivity contribution in [3.8, 4) is 5.75 Å². The third-order valence-electron chi connectivity index (χ3n) is 5.45. The van der Waals surface area contributed by atoms with Crippen molar-refractivity contribution in [2.45, 2.75) is 24.8 Å². The number of hydrogen-bond acceptors (Lipinski definition) is 4. The molecule has 3 rings (SSSR count). The average Bonchev–Trinajstić information content (AvgIpc) is 2.79. The van der Waals surface area contributed by atoms with Gasteiger partial charge in [0.2, 0.25) is 5.91 Å². The first-order valence-corrected chi connectivity index (χ1v) is 10.6. The Morgan fingerprint density at radius 2 is 1.81 bits per heavy atom. The maximum Gasteiger partial charge on any atom is 0.319 e. The Balaban J connectivity index is 1.73. The second-order valence-electron chi connectivity index (χ2n) is 7.46. The van der Waals surface area contributed by atoms with Crippen molar-refractivity contribution in [3.05, 3.63) is 59.1 Å². The van der Waals surface area contributed by atoms with E-state index in [0.717, 1.165) is 17.7 Å². The monoisotopic (exact) mass is 445 g/mol. The molecule has 1 aliphatic heterocycles. The highest BCUT2D eigenvalue weighted by atomic mass is 35.5. The van der Waals surface area contributed by atoms with E-state index in [1.54, 1.807) is 43.4 Å². The normalized spacial score (nSPS) is 18.4. The number of ether oxygens (including phenoxy) is 2. The Kier molecular flexibility index (Phi) is 8.14. The van der Waals surface area contributed by atoms with Gasteiger partial charge >= 0.3 is 6.03 Å². The molecule has 1 fully saturated rings. The van der Waals surface area contributed by atoms with E-state index >= 15 is 0 Å². The lowest BCUT2D eigenvalue weighted by atomic mass is 9.85. The largest absolute Gasteiger partial charge is 0.497 e. The van der Waals surface area contributed by atoms with Gasteiger partial charge in [-0.25, -0.2) is 4.79 Å². The van der Waals surface area contributed by atoms with Crippen molar-refractivity contribution in [2.24, 2.45) is 0 Å². The van der Waals surface area contributed by atoms with Gasteiger partial charge in [0.25, 0.3) is 0 Å². The van der Waals surface area contributed by atoms with Crippen molar-refractivity contribution in [3.63, 3.8) is 0 Å². The standard InChI is InChI=1S/C23H28ClN3O4/c1-30-14-12-22(28)27-13-11-20(16-3-9-19(31-2)10-4-16)21(15-27)26-23(29)25-18-7-5-17(24)6-8-18/h3-10,20-21H,11-15H2,1-2H3,(H2,25,26,29)/t20-,21+/m1/s1.